The molecule has 0 bridgehead atoms. The average Bonchev–Trinajstić information content (AvgIpc) is 3.53. The Morgan fingerprint density at radius 1 is 0.891 bits per heavy atom. The SMILES string of the molecule is CCc1ccc(N2C(=O)[C@H]3[C@H](CC=C4[C@H]3C[C@H]3C(=O)N(Nc5ccc(F)cc5)C(=O)[C@@]3(c3ccc(Cl)cc3)[C@H]4c3cc(OC(F)(F)F)ccc3O)C2=O)cc1. The number of nitrogens with one attached hydrogen (secondary N) is 1. The highest BCUT2D eigenvalue weighted by atomic mass is 35.5. The van der Waals surface area contributed by atoms with Gasteiger partial charge in [0.1, 0.15) is 17.3 Å². The molecule has 0 radical (unpaired) electrons. The molecule has 6 atom stereocenters. The zero-order chi connectivity index (χ0) is 39.0. The van der Waals surface area contributed by atoms with Crippen molar-refractivity contribution in [3.8, 4) is 11.5 Å². The van der Waals surface area contributed by atoms with Crippen molar-refractivity contribution in [1.29, 1.82) is 0 Å². The van der Waals surface area contributed by atoms with Crippen molar-refractivity contribution in [2.45, 2.75) is 43.9 Å². The minimum Gasteiger partial charge on any atom is -0.508 e. The highest BCUT2D eigenvalue weighted by Gasteiger charge is 2.70. The number of rotatable bonds is 7. The van der Waals surface area contributed by atoms with Crippen LogP contribution in [0, 0.1) is 29.5 Å². The number of allylic oxidation sites excluding steroid dienone is 2. The summed E-state index contributed by atoms with van der Waals surface area (Å²) < 4.78 is 58.9. The summed E-state index contributed by atoms with van der Waals surface area (Å²) in [5, 5.41) is 12.6. The number of phenolic OH excluding ortho intramolecular Hbond substituents is 1. The predicted molar refractivity (Wildman–Crippen MR) is 192 cm³/mol. The number of hydrogen-bond donors (Lipinski definition) is 2. The molecule has 0 spiro atoms. The number of nitrogens with zero attached hydrogens (tertiary/aromatic N) is 2. The van der Waals surface area contributed by atoms with Crippen molar-refractivity contribution >= 4 is 46.6 Å². The number of fused-ring (bicyclic) bond motifs is 4. The number of aryl methyl sites for hydroxylation is 1. The second-order valence-electron chi connectivity index (χ2n) is 14.2. The van der Waals surface area contributed by atoms with Gasteiger partial charge in [0.05, 0.1) is 34.5 Å². The van der Waals surface area contributed by atoms with E-state index in [1.54, 1.807) is 30.3 Å². The van der Waals surface area contributed by atoms with Crippen LogP contribution < -0.4 is 15.1 Å². The maximum atomic E-state index is 15.2. The van der Waals surface area contributed by atoms with E-state index in [9.17, 15) is 37.1 Å². The largest absolute Gasteiger partial charge is 0.573 e. The number of phenols is 1. The van der Waals surface area contributed by atoms with Crippen molar-refractivity contribution in [3.63, 3.8) is 0 Å². The van der Waals surface area contributed by atoms with Gasteiger partial charge in [0.15, 0.2) is 0 Å². The van der Waals surface area contributed by atoms with Gasteiger partial charge in [-0.1, -0.05) is 54.4 Å². The molecule has 55 heavy (non-hydrogen) atoms. The minimum atomic E-state index is -5.11. The molecule has 2 N–H and O–H groups in total. The predicted octanol–water partition coefficient (Wildman–Crippen LogP) is 7.84. The van der Waals surface area contributed by atoms with Crippen LogP contribution >= 0.6 is 11.6 Å². The number of hydrazine groups is 1. The summed E-state index contributed by atoms with van der Waals surface area (Å²) >= 11 is 6.29. The molecule has 2 aliphatic heterocycles. The van der Waals surface area contributed by atoms with Crippen molar-refractivity contribution < 1.29 is 46.6 Å². The lowest BCUT2D eigenvalue weighted by molar-refractivity contribution is -0.274. The lowest BCUT2D eigenvalue weighted by atomic mass is 9.49. The van der Waals surface area contributed by atoms with Gasteiger partial charge >= 0.3 is 6.36 Å². The second kappa shape index (κ2) is 13.3. The Hall–Kier alpha value is -5.69. The maximum absolute atomic E-state index is 15.2. The molecule has 4 aromatic rings. The Morgan fingerprint density at radius 2 is 1.58 bits per heavy atom. The monoisotopic (exact) mass is 773 g/mol. The van der Waals surface area contributed by atoms with Gasteiger partial charge in [-0.2, -0.15) is 5.01 Å². The quantitative estimate of drug-likeness (QED) is 0.112. The molecule has 14 heteroatoms. The lowest BCUT2D eigenvalue weighted by Crippen LogP contribution is -2.53. The number of aromatic hydroxyl groups is 1. The summed E-state index contributed by atoms with van der Waals surface area (Å²) in [5.41, 5.74) is 2.94. The van der Waals surface area contributed by atoms with Gasteiger partial charge in [-0.15, -0.1) is 13.2 Å². The Balaban J connectivity index is 1.33. The third-order valence-electron chi connectivity index (χ3n) is 11.4. The lowest BCUT2D eigenvalue weighted by Gasteiger charge is -2.50. The second-order valence-corrected chi connectivity index (χ2v) is 14.6. The van der Waals surface area contributed by atoms with E-state index in [1.807, 2.05) is 19.1 Å². The van der Waals surface area contributed by atoms with E-state index < -0.39 is 82.3 Å². The van der Waals surface area contributed by atoms with Gasteiger partial charge in [0, 0.05) is 16.5 Å². The summed E-state index contributed by atoms with van der Waals surface area (Å²) in [6.07, 6.45) is -2.73. The normalized spacial score (nSPS) is 26.1. The first kappa shape index (κ1) is 36.3. The van der Waals surface area contributed by atoms with Crippen LogP contribution in [0.15, 0.2) is 103 Å². The number of imide groups is 2. The molecular formula is C41H32ClF4N3O6. The number of alkyl halides is 3. The third-order valence-corrected chi connectivity index (χ3v) is 11.7. The number of carbonyl (C=O) groups excluding carboxylic acids is 4. The van der Waals surface area contributed by atoms with Crippen LogP contribution in [0.2, 0.25) is 5.02 Å². The van der Waals surface area contributed by atoms with E-state index in [0.717, 1.165) is 52.2 Å². The molecule has 282 valence electrons. The third kappa shape index (κ3) is 5.83. The molecule has 0 unspecified atom stereocenters. The first-order chi connectivity index (χ1) is 26.2. The molecule has 2 saturated heterocycles. The van der Waals surface area contributed by atoms with Gasteiger partial charge in [-0.05, 0) is 103 Å². The molecular weight excluding hydrogens is 742 g/mol. The van der Waals surface area contributed by atoms with E-state index >= 15 is 4.79 Å². The first-order valence-corrected chi connectivity index (χ1v) is 18.0. The fourth-order valence-electron chi connectivity index (χ4n) is 9.10. The van der Waals surface area contributed by atoms with Gasteiger partial charge < -0.3 is 9.84 Å². The zero-order valence-corrected chi connectivity index (χ0v) is 29.8. The van der Waals surface area contributed by atoms with Crippen molar-refractivity contribution in [2.75, 3.05) is 10.3 Å². The Kier molecular flexibility index (Phi) is 8.75. The molecule has 4 aliphatic rings. The van der Waals surface area contributed by atoms with Crippen molar-refractivity contribution in [2.24, 2.45) is 23.7 Å². The summed E-state index contributed by atoms with van der Waals surface area (Å²) in [7, 11) is 0. The Morgan fingerprint density at radius 3 is 2.24 bits per heavy atom. The van der Waals surface area contributed by atoms with E-state index in [0.29, 0.717) is 16.3 Å². The van der Waals surface area contributed by atoms with Gasteiger partial charge in [0.25, 0.3) is 11.8 Å². The number of carbonyl (C=O) groups is 4. The molecule has 3 fully saturated rings. The average molecular weight is 774 g/mol. The molecule has 4 aromatic carbocycles. The van der Waals surface area contributed by atoms with Gasteiger partial charge in [-0.25, -0.2) is 4.39 Å². The van der Waals surface area contributed by atoms with Gasteiger partial charge in [-0.3, -0.25) is 29.5 Å². The van der Waals surface area contributed by atoms with Crippen LogP contribution in [0.5, 0.6) is 11.5 Å². The number of ether oxygens (including phenoxy) is 1. The number of hydrogen-bond acceptors (Lipinski definition) is 7. The fourth-order valence-corrected chi connectivity index (χ4v) is 9.22. The Labute approximate surface area is 317 Å². The van der Waals surface area contributed by atoms with Crippen LogP contribution in [-0.2, 0) is 31.0 Å². The van der Waals surface area contributed by atoms with E-state index in [-0.39, 0.29) is 29.7 Å². The summed E-state index contributed by atoms with van der Waals surface area (Å²) in [5.74, 6) is -9.56. The molecule has 0 aromatic heterocycles. The molecule has 1 saturated carbocycles. The Bertz CT molecular complexity index is 2260. The fraction of sp³-hybridized carbons (Fsp3) is 0.268. The molecule has 2 heterocycles. The summed E-state index contributed by atoms with van der Waals surface area (Å²) in [6, 6.07) is 21.0. The van der Waals surface area contributed by atoms with Crippen LogP contribution in [0.3, 0.4) is 0 Å². The zero-order valence-electron chi connectivity index (χ0n) is 29.0. The highest BCUT2D eigenvalue weighted by Crippen LogP contribution is 2.65. The van der Waals surface area contributed by atoms with E-state index in [2.05, 4.69) is 10.2 Å². The van der Waals surface area contributed by atoms with E-state index in [4.69, 9.17) is 11.6 Å². The molecule has 4 amide bonds. The standard InChI is InChI=1S/C41H32ClF4N3O6/c1-2-21-3-13-26(14-4-21)48-36(51)29-17-16-28-30(34(29)38(48)53)20-32-37(52)49(47-25-11-9-24(43)10-12-25)39(54)40(32,22-5-7-23(42)8-6-22)35(28)31-19-27(15-18-33(31)50)55-41(44,45)46/h3-16,18-19,29-30,32,34-35,47,50H,2,17,20H2,1H3/t29-,30+,32-,34-,35+,40+/m0/s1. The summed E-state index contributed by atoms with van der Waals surface area (Å²) in [6.45, 7) is 1.97. The van der Waals surface area contributed by atoms with Crippen LogP contribution in [-0.4, -0.2) is 40.1 Å². The van der Waals surface area contributed by atoms with Crippen LogP contribution in [0.25, 0.3) is 0 Å². The summed E-state index contributed by atoms with van der Waals surface area (Å²) in [4.78, 5) is 59.7. The van der Waals surface area contributed by atoms with Gasteiger partial charge in [0.2, 0.25) is 11.8 Å². The van der Waals surface area contributed by atoms with Crippen LogP contribution in [0.4, 0.5) is 28.9 Å². The first-order valence-electron chi connectivity index (χ1n) is 17.6. The minimum absolute atomic E-state index is 0.0433. The number of amides is 4. The highest BCUT2D eigenvalue weighted by molar-refractivity contribution is 6.30. The number of anilines is 2. The van der Waals surface area contributed by atoms with Crippen molar-refractivity contribution in [1.82, 2.24) is 5.01 Å². The smallest absolute Gasteiger partial charge is 0.508 e. The van der Waals surface area contributed by atoms with Crippen molar-refractivity contribution in [3.05, 3.63) is 130 Å². The number of halogens is 5. The molecule has 8 rings (SSSR count). The number of benzene rings is 4. The molecule has 9 nitrogen and oxygen atoms in total. The maximum Gasteiger partial charge on any atom is 0.573 e. The molecule has 2 aliphatic carbocycles. The van der Waals surface area contributed by atoms with E-state index in [1.165, 1.54) is 24.3 Å². The topological polar surface area (TPSA) is 116 Å². The van der Waals surface area contributed by atoms with Crippen LogP contribution in [0.1, 0.15) is 42.4 Å².